The number of rotatable bonds is 9. The Balaban J connectivity index is 1.48. The minimum atomic E-state index is -3.55. The predicted octanol–water partition coefficient (Wildman–Crippen LogP) is 3.47. The van der Waals surface area contributed by atoms with Gasteiger partial charge in [-0.15, -0.1) is 11.8 Å². The normalized spacial score (nSPS) is 11.3. The summed E-state index contributed by atoms with van der Waals surface area (Å²) >= 11 is 1.43. The van der Waals surface area contributed by atoms with E-state index >= 15 is 0 Å². The summed E-state index contributed by atoms with van der Waals surface area (Å²) < 4.78 is 23.2. The van der Waals surface area contributed by atoms with Gasteiger partial charge in [-0.25, -0.2) is 8.42 Å². The van der Waals surface area contributed by atoms with Crippen LogP contribution in [-0.4, -0.2) is 44.3 Å². The number of thioether (sulfide) groups is 1. The number of amides is 1. The summed E-state index contributed by atoms with van der Waals surface area (Å²) in [5.41, 5.74) is -0.140. The van der Waals surface area contributed by atoms with Crippen LogP contribution in [0.2, 0.25) is 0 Å². The Kier molecular flexibility index (Phi) is 7.13. The molecule has 162 valence electrons. The van der Waals surface area contributed by atoms with Crippen molar-refractivity contribution >= 4 is 49.7 Å². The van der Waals surface area contributed by atoms with Crippen LogP contribution in [0, 0.1) is 10.1 Å². The van der Waals surface area contributed by atoms with E-state index in [4.69, 9.17) is 0 Å². The molecule has 0 bridgehead atoms. The first-order valence-electron chi connectivity index (χ1n) is 9.35. The van der Waals surface area contributed by atoms with E-state index in [1.54, 1.807) is 0 Å². The fourth-order valence-electron chi connectivity index (χ4n) is 2.90. The second-order valence-corrected chi connectivity index (χ2v) is 9.85. The van der Waals surface area contributed by atoms with Crippen LogP contribution < -0.4 is 10.6 Å². The number of nitro groups is 1. The molecule has 8 nitrogen and oxygen atoms in total. The number of nitrogens with one attached hydrogen (secondary N) is 2. The van der Waals surface area contributed by atoms with Crippen LogP contribution in [0.3, 0.4) is 0 Å². The van der Waals surface area contributed by atoms with E-state index in [0.717, 1.165) is 28.0 Å². The fourth-order valence-corrected chi connectivity index (χ4v) is 4.31. The molecule has 1 amide bonds. The van der Waals surface area contributed by atoms with E-state index in [-0.39, 0.29) is 41.0 Å². The Morgan fingerprint density at radius 3 is 2.48 bits per heavy atom. The average molecular weight is 460 g/mol. The first kappa shape index (κ1) is 22.6. The number of fused-ring (bicyclic) bond motifs is 1. The molecular weight excluding hydrogens is 438 g/mol. The van der Waals surface area contributed by atoms with E-state index in [1.165, 1.54) is 23.9 Å². The smallest absolute Gasteiger partial charge is 0.293 e. The first-order valence-corrected chi connectivity index (χ1v) is 12.2. The van der Waals surface area contributed by atoms with Crippen LogP contribution in [0.5, 0.6) is 0 Å². The van der Waals surface area contributed by atoms with Gasteiger partial charge < -0.3 is 10.6 Å². The van der Waals surface area contributed by atoms with Crippen molar-refractivity contribution in [1.82, 2.24) is 5.32 Å². The molecule has 3 aromatic carbocycles. The van der Waals surface area contributed by atoms with Crippen molar-refractivity contribution in [2.24, 2.45) is 0 Å². The van der Waals surface area contributed by atoms with E-state index in [0.29, 0.717) is 0 Å². The summed E-state index contributed by atoms with van der Waals surface area (Å²) in [5.74, 6) is 0.100. The predicted molar refractivity (Wildman–Crippen MR) is 122 cm³/mol. The molecule has 0 aliphatic carbocycles. The van der Waals surface area contributed by atoms with Gasteiger partial charge in [-0.2, -0.15) is 0 Å². The Bertz CT molecular complexity index is 1230. The molecular formula is C21H21N3O5S2. The molecule has 0 unspecified atom stereocenters. The lowest BCUT2D eigenvalue weighted by atomic mass is 10.1. The topological polar surface area (TPSA) is 118 Å². The van der Waals surface area contributed by atoms with Gasteiger partial charge in [0.15, 0.2) is 9.84 Å². The maximum absolute atomic E-state index is 12.1. The van der Waals surface area contributed by atoms with Crippen molar-refractivity contribution in [2.75, 3.05) is 30.4 Å². The molecule has 0 aliphatic heterocycles. The van der Waals surface area contributed by atoms with E-state index in [9.17, 15) is 23.3 Å². The highest BCUT2D eigenvalue weighted by Gasteiger charge is 2.18. The Hall–Kier alpha value is -3.11. The lowest BCUT2D eigenvalue weighted by molar-refractivity contribution is -0.384. The summed E-state index contributed by atoms with van der Waals surface area (Å²) in [7, 11) is -3.55. The van der Waals surface area contributed by atoms with Gasteiger partial charge in [-0.3, -0.25) is 14.9 Å². The third-order valence-corrected chi connectivity index (χ3v) is 6.55. The fraction of sp³-hybridized carbons (Fsp3) is 0.190. The summed E-state index contributed by atoms with van der Waals surface area (Å²) in [6.07, 6.45) is 0.991. The largest absolute Gasteiger partial charge is 0.378 e. The number of carbonyl (C=O) groups is 1. The average Bonchev–Trinajstić information content (AvgIpc) is 2.74. The first-order chi connectivity index (χ1) is 14.7. The number of hydrogen-bond donors (Lipinski definition) is 2. The quantitative estimate of drug-likeness (QED) is 0.218. The molecule has 0 spiro atoms. The highest BCUT2D eigenvalue weighted by molar-refractivity contribution is 8.00. The van der Waals surface area contributed by atoms with Gasteiger partial charge in [0.25, 0.3) is 5.69 Å². The summed E-state index contributed by atoms with van der Waals surface area (Å²) in [4.78, 5) is 23.6. The third-order valence-electron chi connectivity index (χ3n) is 4.45. The van der Waals surface area contributed by atoms with Crippen molar-refractivity contribution < 1.29 is 18.1 Å². The van der Waals surface area contributed by atoms with E-state index in [2.05, 4.69) is 10.6 Å². The van der Waals surface area contributed by atoms with Crippen LogP contribution in [-0.2, 0) is 14.6 Å². The zero-order valence-electron chi connectivity index (χ0n) is 16.7. The maximum Gasteiger partial charge on any atom is 0.293 e. The molecule has 2 N–H and O–H groups in total. The van der Waals surface area contributed by atoms with Crippen LogP contribution in [0.25, 0.3) is 10.8 Å². The molecule has 0 saturated carbocycles. The maximum atomic E-state index is 12.1. The minimum absolute atomic E-state index is 0.122. The summed E-state index contributed by atoms with van der Waals surface area (Å²) in [6, 6.07) is 17.7. The molecule has 0 saturated heterocycles. The molecule has 0 fully saturated rings. The number of benzene rings is 3. The van der Waals surface area contributed by atoms with Gasteiger partial charge in [-0.1, -0.05) is 30.3 Å². The van der Waals surface area contributed by atoms with Crippen LogP contribution in [0.4, 0.5) is 11.4 Å². The lowest BCUT2D eigenvalue weighted by Gasteiger charge is -2.09. The lowest BCUT2D eigenvalue weighted by Crippen LogP contribution is -2.30. The monoisotopic (exact) mass is 459 g/mol. The molecule has 3 aromatic rings. The highest BCUT2D eigenvalue weighted by Crippen LogP contribution is 2.27. The van der Waals surface area contributed by atoms with Gasteiger partial charge in [0.2, 0.25) is 5.91 Å². The SMILES string of the molecule is CS(=O)(=O)c1ccc(NCCNC(=O)CSc2ccc3ccccc3c2)c([N+](=O)[O-])c1. The minimum Gasteiger partial charge on any atom is -0.378 e. The number of nitrogens with zero attached hydrogens (tertiary/aromatic N) is 1. The van der Waals surface area contributed by atoms with Crippen molar-refractivity contribution in [3.63, 3.8) is 0 Å². The zero-order chi connectivity index (χ0) is 22.4. The number of nitro benzene ring substituents is 1. The van der Waals surface area contributed by atoms with Gasteiger partial charge in [-0.05, 0) is 35.0 Å². The third kappa shape index (κ3) is 6.19. The van der Waals surface area contributed by atoms with Gasteiger partial charge in [0, 0.05) is 30.3 Å². The van der Waals surface area contributed by atoms with Crippen LogP contribution in [0.15, 0.2) is 70.5 Å². The van der Waals surface area contributed by atoms with E-state index in [1.807, 2.05) is 42.5 Å². The zero-order valence-corrected chi connectivity index (χ0v) is 18.3. The molecule has 0 radical (unpaired) electrons. The van der Waals surface area contributed by atoms with Crippen LogP contribution >= 0.6 is 11.8 Å². The highest BCUT2D eigenvalue weighted by atomic mass is 32.2. The molecule has 0 atom stereocenters. The number of sulfone groups is 1. The Morgan fingerprint density at radius 1 is 1.03 bits per heavy atom. The summed E-state index contributed by atoms with van der Waals surface area (Å²) in [6.45, 7) is 0.521. The second-order valence-electron chi connectivity index (χ2n) is 6.78. The van der Waals surface area contributed by atoms with Crippen molar-refractivity contribution in [2.45, 2.75) is 9.79 Å². The molecule has 0 aromatic heterocycles. The number of hydrogen-bond acceptors (Lipinski definition) is 7. The number of anilines is 1. The van der Waals surface area contributed by atoms with Gasteiger partial charge in [0.1, 0.15) is 5.69 Å². The molecule has 31 heavy (non-hydrogen) atoms. The van der Waals surface area contributed by atoms with Crippen LogP contribution in [0.1, 0.15) is 0 Å². The standard InChI is InChI=1S/C21H21N3O5S2/c1-31(28,29)18-8-9-19(20(13-18)24(26)27)22-10-11-23-21(25)14-30-17-7-6-15-4-2-3-5-16(15)12-17/h2-9,12-13,22H,10-11,14H2,1H3,(H,23,25). The molecule has 0 heterocycles. The molecule has 10 heteroatoms. The molecule has 3 rings (SSSR count). The van der Waals surface area contributed by atoms with Crippen molar-refractivity contribution in [3.8, 4) is 0 Å². The van der Waals surface area contributed by atoms with Crippen molar-refractivity contribution in [1.29, 1.82) is 0 Å². The molecule has 0 aliphatic rings. The van der Waals surface area contributed by atoms with Crippen molar-refractivity contribution in [3.05, 3.63) is 70.8 Å². The van der Waals surface area contributed by atoms with E-state index < -0.39 is 14.8 Å². The van der Waals surface area contributed by atoms with Gasteiger partial charge in [0.05, 0.1) is 15.6 Å². The second kappa shape index (κ2) is 9.80. The Labute approximate surface area is 184 Å². The summed E-state index contributed by atoms with van der Waals surface area (Å²) in [5, 5.41) is 19.1. The Morgan fingerprint density at radius 2 is 1.77 bits per heavy atom. The van der Waals surface area contributed by atoms with Gasteiger partial charge >= 0.3 is 0 Å². The number of carbonyl (C=O) groups excluding carboxylic acids is 1.